The zero-order valence-corrected chi connectivity index (χ0v) is 25.3. The van der Waals surface area contributed by atoms with Crippen LogP contribution < -0.4 is 10.2 Å². The minimum atomic E-state index is -0.0989. The molecule has 3 aromatic rings. The molecule has 0 aliphatic heterocycles. The summed E-state index contributed by atoms with van der Waals surface area (Å²) in [7, 11) is 1.88. The number of hydrogen-bond donors (Lipinski definition) is 1. The van der Waals surface area contributed by atoms with Gasteiger partial charge in [0.2, 0.25) is 23.5 Å². The summed E-state index contributed by atoms with van der Waals surface area (Å²) >= 11 is 0. The van der Waals surface area contributed by atoms with E-state index < -0.39 is 0 Å². The van der Waals surface area contributed by atoms with E-state index in [2.05, 4.69) is 54.4 Å². The lowest BCUT2D eigenvalue weighted by Crippen LogP contribution is -2.47. The van der Waals surface area contributed by atoms with E-state index in [-0.39, 0.29) is 43.4 Å². The molecular weight excluding hydrogens is 526 g/mol. The summed E-state index contributed by atoms with van der Waals surface area (Å²) < 4.78 is 5.17. The van der Waals surface area contributed by atoms with Gasteiger partial charge in [-0.05, 0) is 68.2 Å². The summed E-state index contributed by atoms with van der Waals surface area (Å²) in [5, 5.41) is 7.09. The molecule has 9 heteroatoms. The Hall–Kier alpha value is -3.39. The van der Waals surface area contributed by atoms with Gasteiger partial charge in [0.15, 0.2) is 0 Å². The van der Waals surface area contributed by atoms with Gasteiger partial charge < -0.3 is 19.6 Å². The van der Waals surface area contributed by atoms with Crippen molar-refractivity contribution in [3.63, 3.8) is 0 Å². The van der Waals surface area contributed by atoms with E-state index >= 15 is 0 Å². The van der Waals surface area contributed by atoms with Crippen LogP contribution in [0.5, 0.6) is 0 Å². The lowest BCUT2D eigenvalue weighted by Gasteiger charge is -2.30. The number of amides is 2. The van der Waals surface area contributed by atoms with Crippen LogP contribution in [0.15, 0.2) is 40.9 Å². The van der Waals surface area contributed by atoms with E-state index in [4.69, 9.17) is 4.52 Å². The molecule has 1 atom stereocenters. The molecule has 216 valence electrons. The average Bonchev–Trinajstić information content (AvgIpc) is 3.51. The number of likely N-dealkylation sites (N-methyl/N-ethyl adjacent to an activating group) is 1. The van der Waals surface area contributed by atoms with Crippen molar-refractivity contribution in [3.05, 3.63) is 64.5 Å². The Kier molecular flexibility index (Phi) is 10.7. The number of nitrogens with one attached hydrogen (secondary N) is 1. The topological polar surface area (TPSA) is 91.6 Å². The molecule has 1 unspecified atom stereocenters. The smallest absolute Gasteiger partial charge is 0.242 e. The van der Waals surface area contributed by atoms with E-state index in [0.29, 0.717) is 24.2 Å². The summed E-state index contributed by atoms with van der Waals surface area (Å²) in [5.41, 5.74) is 6.40. The highest BCUT2D eigenvalue weighted by molar-refractivity contribution is 5.87. The van der Waals surface area contributed by atoms with Crippen LogP contribution in [0.1, 0.15) is 54.8 Å². The average molecular weight is 568 g/mol. The van der Waals surface area contributed by atoms with E-state index in [0.717, 1.165) is 42.5 Å². The fraction of sp³-hybridized carbons (Fsp3) is 0.484. The van der Waals surface area contributed by atoms with Crippen molar-refractivity contribution >= 4 is 29.9 Å². The lowest BCUT2D eigenvalue weighted by atomic mass is 10.1. The van der Waals surface area contributed by atoms with Crippen LogP contribution in [0.25, 0.3) is 11.4 Å². The second-order valence-electron chi connectivity index (χ2n) is 11.2. The van der Waals surface area contributed by atoms with E-state index in [1.165, 1.54) is 16.7 Å². The summed E-state index contributed by atoms with van der Waals surface area (Å²) in [6.07, 6.45) is 3.68. The van der Waals surface area contributed by atoms with Crippen LogP contribution in [0.3, 0.4) is 0 Å². The highest BCUT2D eigenvalue weighted by Crippen LogP contribution is 2.29. The maximum atomic E-state index is 13.6. The third-order valence-electron chi connectivity index (χ3n) is 7.49. The molecule has 2 amide bonds. The number of carbonyl (C=O) groups excluding carboxylic acids is 2. The zero-order valence-electron chi connectivity index (χ0n) is 24.5. The van der Waals surface area contributed by atoms with Gasteiger partial charge in [-0.15, -0.1) is 12.4 Å². The second-order valence-corrected chi connectivity index (χ2v) is 11.2. The zero-order chi connectivity index (χ0) is 28.1. The van der Waals surface area contributed by atoms with Gasteiger partial charge in [0.05, 0.1) is 13.1 Å². The monoisotopic (exact) mass is 567 g/mol. The fourth-order valence-electron chi connectivity index (χ4n) is 5.18. The molecule has 40 heavy (non-hydrogen) atoms. The Morgan fingerprint density at radius 1 is 1.05 bits per heavy atom. The highest BCUT2D eigenvalue weighted by Gasteiger charge is 2.29. The first-order valence-electron chi connectivity index (χ1n) is 13.9. The van der Waals surface area contributed by atoms with Crippen LogP contribution in [-0.2, 0) is 22.4 Å². The van der Waals surface area contributed by atoms with E-state index in [9.17, 15) is 9.59 Å². The molecule has 0 saturated carbocycles. The highest BCUT2D eigenvalue weighted by atomic mass is 35.5. The maximum absolute atomic E-state index is 13.6. The first kappa shape index (κ1) is 31.1. The van der Waals surface area contributed by atoms with Gasteiger partial charge in [0, 0.05) is 37.8 Å². The molecule has 1 aliphatic carbocycles. The molecule has 0 saturated heterocycles. The summed E-state index contributed by atoms with van der Waals surface area (Å²) in [4.78, 5) is 34.7. The van der Waals surface area contributed by atoms with Crippen LogP contribution in [-0.4, -0.2) is 59.6 Å². The Labute approximate surface area is 243 Å². The molecule has 0 fully saturated rings. The van der Waals surface area contributed by atoms with Crippen molar-refractivity contribution < 1.29 is 14.1 Å². The normalized spacial score (nSPS) is 14.0. The van der Waals surface area contributed by atoms with E-state index in [1.54, 1.807) is 6.92 Å². The number of benzene rings is 2. The molecule has 8 nitrogen and oxygen atoms in total. The molecule has 0 radical (unpaired) electrons. The summed E-state index contributed by atoms with van der Waals surface area (Å²) in [5.74, 6) is 1.44. The number of fused-ring (bicyclic) bond motifs is 1. The van der Waals surface area contributed by atoms with Gasteiger partial charge in [-0.25, -0.2) is 0 Å². The van der Waals surface area contributed by atoms with E-state index in [1.807, 2.05) is 42.0 Å². The molecule has 1 aliphatic rings. The van der Waals surface area contributed by atoms with Crippen molar-refractivity contribution in [2.45, 2.75) is 66.3 Å². The quantitative estimate of drug-likeness (QED) is 0.325. The van der Waals surface area contributed by atoms with Crippen LogP contribution in [0.2, 0.25) is 0 Å². The SMILES string of the molecule is Cc1ccc2c(c1)CC(N(C)C(=O)CN(CC(=O)NCCCC(C)C)c1cc(-c3noc(C)n3)ccc1C)C2.Cl. The Morgan fingerprint density at radius 2 is 1.80 bits per heavy atom. The Morgan fingerprint density at radius 3 is 2.50 bits per heavy atom. The van der Waals surface area contributed by atoms with Gasteiger partial charge in [0.25, 0.3) is 0 Å². The standard InChI is InChI=1S/C31H41N5O3.ClH/c1-20(2)8-7-13-32-29(37)18-36(28-17-25(12-10-22(28)4)31-33-23(5)39-34-31)19-30(38)35(6)27-15-24-11-9-21(3)14-26(24)16-27;/h9-12,14,17,20,27H,7-8,13,15-16,18-19H2,1-6H3,(H,32,37);1H. The predicted octanol–water partition coefficient (Wildman–Crippen LogP) is 5.07. The van der Waals surface area contributed by atoms with Crippen molar-refractivity contribution in [1.29, 1.82) is 0 Å². The molecule has 1 aromatic heterocycles. The number of anilines is 1. The number of nitrogens with zero attached hydrogens (tertiary/aromatic N) is 4. The molecule has 0 bridgehead atoms. The summed E-state index contributed by atoms with van der Waals surface area (Å²) in [6.45, 7) is 11.0. The third kappa shape index (κ3) is 7.84. The number of hydrogen-bond acceptors (Lipinski definition) is 6. The largest absolute Gasteiger partial charge is 0.355 e. The van der Waals surface area contributed by atoms with Crippen molar-refractivity contribution in [1.82, 2.24) is 20.4 Å². The molecular formula is C31H42ClN5O3. The van der Waals surface area contributed by atoms with Crippen LogP contribution in [0, 0.1) is 26.7 Å². The second kappa shape index (κ2) is 13.8. The first-order chi connectivity index (χ1) is 18.6. The van der Waals surface area contributed by atoms with Gasteiger partial charge in [-0.1, -0.05) is 54.9 Å². The molecule has 1 heterocycles. The lowest BCUT2D eigenvalue weighted by molar-refractivity contribution is -0.130. The number of rotatable bonds is 11. The fourth-order valence-corrected chi connectivity index (χ4v) is 5.18. The first-order valence-corrected chi connectivity index (χ1v) is 13.9. The van der Waals surface area contributed by atoms with Gasteiger partial charge in [-0.3, -0.25) is 9.59 Å². The van der Waals surface area contributed by atoms with Gasteiger partial charge in [-0.2, -0.15) is 4.98 Å². The maximum Gasteiger partial charge on any atom is 0.242 e. The number of aryl methyl sites for hydroxylation is 3. The number of halogens is 1. The Balaban J connectivity index is 0.00000441. The summed E-state index contributed by atoms with van der Waals surface area (Å²) in [6, 6.07) is 12.5. The predicted molar refractivity (Wildman–Crippen MR) is 161 cm³/mol. The number of aromatic nitrogens is 2. The van der Waals surface area contributed by atoms with Gasteiger partial charge >= 0.3 is 0 Å². The molecule has 0 spiro atoms. The minimum absolute atomic E-state index is 0. The van der Waals surface area contributed by atoms with Crippen molar-refractivity contribution in [2.24, 2.45) is 5.92 Å². The third-order valence-corrected chi connectivity index (χ3v) is 7.49. The van der Waals surface area contributed by atoms with Crippen LogP contribution in [0.4, 0.5) is 5.69 Å². The minimum Gasteiger partial charge on any atom is -0.355 e. The van der Waals surface area contributed by atoms with Crippen molar-refractivity contribution in [2.75, 3.05) is 31.6 Å². The Bertz CT molecular complexity index is 1320. The molecule has 1 N–H and O–H groups in total. The van der Waals surface area contributed by atoms with Crippen LogP contribution >= 0.6 is 12.4 Å². The van der Waals surface area contributed by atoms with Gasteiger partial charge in [0.1, 0.15) is 0 Å². The van der Waals surface area contributed by atoms with Crippen molar-refractivity contribution in [3.8, 4) is 11.4 Å². The molecule has 2 aromatic carbocycles. The molecule has 4 rings (SSSR count). The number of carbonyl (C=O) groups is 2.